The Bertz CT molecular complexity index is 1850. The van der Waals surface area contributed by atoms with E-state index in [1.165, 1.54) is 89.9 Å². The third-order valence-electron chi connectivity index (χ3n) is 13.9. The molecule has 494 valence electrons. The summed E-state index contributed by atoms with van der Waals surface area (Å²) >= 11 is 0. The maximum absolute atomic E-state index is 12.8. The van der Waals surface area contributed by atoms with Crippen molar-refractivity contribution in [2.75, 3.05) is 39.6 Å². The van der Waals surface area contributed by atoms with Gasteiger partial charge in [0.25, 0.3) is 0 Å². The molecule has 0 fully saturated rings. The van der Waals surface area contributed by atoms with Crippen LogP contribution in [0.4, 0.5) is 0 Å². The molecular formula is C67H120O16P2. The average Bonchev–Trinajstić information content (AvgIpc) is 3.60. The minimum absolute atomic E-state index is 0.105. The zero-order valence-electron chi connectivity index (χ0n) is 53.3. The van der Waals surface area contributed by atoms with Crippen molar-refractivity contribution in [3.8, 4) is 0 Å². The van der Waals surface area contributed by atoms with Gasteiger partial charge in [0.1, 0.15) is 25.4 Å². The molecule has 0 aromatic rings. The summed E-state index contributed by atoms with van der Waals surface area (Å²) < 4.78 is 60.7. The summed E-state index contributed by atoms with van der Waals surface area (Å²) in [6.45, 7) is 2.55. The Kier molecular flexibility index (Phi) is 59.1. The first-order valence-corrected chi connectivity index (χ1v) is 36.2. The molecule has 0 aromatic carbocycles. The molecule has 0 amide bonds. The van der Waals surface area contributed by atoms with Crippen molar-refractivity contribution >= 4 is 33.6 Å². The number of phosphoric acid groups is 2. The quantitative estimate of drug-likeness (QED) is 0.0146. The fourth-order valence-corrected chi connectivity index (χ4v) is 10.4. The summed E-state index contributed by atoms with van der Waals surface area (Å²) in [7, 11) is -9.76. The predicted octanol–water partition coefficient (Wildman–Crippen LogP) is 18.0. The maximum atomic E-state index is 12.8. The Hall–Kier alpha value is -3.01. The van der Waals surface area contributed by atoms with Gasteiger partial charge in [0.05, 0.1) is 26.4 Å². The number of aliphatic hydroxyl groups is 2. The summed E-state index contributed by atoms with van der Waals surface area (Å²) in [6.07, 6.45) is 62.6. The molecule has 0 saturated carbocycles. The Morgan fingerprint density at radius 1 is 0.329 bits per heavy atom. The normalized spacial score (nSPS) is 14.8. The molecule has 0 rings (SSSR count). The number of rotatable bonds is 63. The number of aliphatic hydroxyl groups excluding tert-OH is 2. The number of carbonyl (C=O) groups is 3. The lowest BCUT2D eigenvalue weighted by Crippen LogP contribution is -2.30. The second kappa shape index (κ2) is 61.2. The lowest BCUT2D eigenvalue weighted by Gasteiger charge is -2.21. The van der Waals surface area contributed by atoms with Gasteiger partial charge in [-0.15, -0.1) is 0 Å². The smallest absolute Gasteiger partial charge is 0.463 e. The highest BCUT2D eigenvalue weighted by atomic mass is 31.2. The van der Waals surface area contributed by atoms with E-state index in [2.05, 4.69) is 93.7 Å². The zero-order valence-corrected chi connectivity index (χ0v) is 55.1. The fraction of sp³-hybridized carbons (Fsp3) is 0.776. The summed E-state index contributed by atoms with van der Waals surface area (Å²) in [5.41, 5.74) is 0. The number of hydrogen-bond donors (Lipinski definition) is 4. The van der Waals surface area contributed by atoms with E-state index in [-0.39, 0.29) is 19.3 Å². The van der Waals surface area contributed by atoms with Crippen molar-refractivity contribution < 1.29 is 75.8 Å². The number of carbonyl (C=O) groups excluding carboxylic acids is 3. The minimum Gasteiger partial charge on any atom is -0.463 e. The van der Waals surface area contributed by atoms with Gasteiger partial charge in [0.2, 0.25) is 0 Å². The van der Waals surface area contributed by atoms with E-state index < -0.39 is 91.5 Å². The third kappa shape index (κ3) is 62.4. The highest BCUT2D eigenvalue weighted by molar-refractivity contribution is 7.47. The van der Waals surface area contributed by atoms with Crippen LogP contribution in [0.25, 0.3) is 0 Å². The molecule has 0 aliphatic heterocycles. The molecule has 0 spiro atoms. The van der Waals surface area contributed by atoms with Crippen molar-refractivity contribution in [2.24, 2.45) is 0 Å². The van der Waals surface area contributed by atoms with Crippen LogP contribution in [0.2, 0.25) is 0 Å². The van der Waals surface area contributed by atoms with Gasteiger partial charge in [-0.3, -0.25) is 32.5 Å². The first kappa shape index (κ1) is 82.0. The van der Waals surface area contributed by atoms with Crippen LogP contribution in [-0.2, 0) is 55.8 Å². The summed E-state index contributed by atoms with van der Waals surface area (Å²) in [6, 6.07) is 0. The molecule has 18 heteroatoms. The molecule has 0 saturated heterocycles. The van der Waals surface area contributed by atoms with Gasteiger partial charge in [0.15, 0.2) is 6.10 Å². The van der Waals surface area contributed by atoms with Crippen molar-refractivity contribution in [2.45, 2.75) is 296 Å². The summed E-state index contributed by atoms with van der Waals surface area (Å²) in [5.74, 6) is -1.59. The molecule has 0 radical (unpaired) electrons. The largest absolute Gasteiger partial charge is 0.472 e. The lowest BCUT2D eigenvalue weighted by atomic mass is 10.1. The van der Waals surface area contributed by atoms with Gasteiger partial charge >= 0.3 is 33.6 Å². The van der Waals surface area contributed by atoms with E-state index >= 15 is 0 Å². The molecule has 0 bridgehead atoms. The van der Waals surface area contributed by atoms with Crippen LogP contribution in [0, 0.1) is 0 Å². The highest BCUT2D eigenvalue weighted by Gasteiger charge is 2.29. The summed E-state index contributed by atoms with van der Waals surface area (Å²) in [5, 5.41) is 20.5. The van der Waals surface area contributed by atoms with Crippen LogP contribution in [0.1, 0.15) is 278 Å². The Labute approximate surface area is 515 Å². The minimum atomic E-state index is -4.91. The van der Waals surface area contributed by atoms with Crippen LogP contribution in [0.15, 0.2) is 72.9 Å². The SMILES string of the molecule is CCC/C=C\C/C=C\CCCCCCCC(=O)OCC(COP(=O)(O)OCC(O)COP(=O)(O)OCC(O)COC(=O)CCCCCCCCCCC/C=C\C/C=C\C/C=C\C/C=C\CCCCC)OC(=O)CCCCCCCCCCCCC. The summed E-state index contributed by atoms with van der Waals surface area (Å²) in [4.78, 5) is 58.1. The van der Waals surface area contributed by atoms with Gasteiger partial charge in [-0.05, 0) is 89.9 Å². The molecular weight excluding hydrogens is 1120 g/mol. The average molecular weight is 1240 g/mol. The van der Waals surface area contributed by atoms with Crippen LogP contribution in [0.3, 0.4) is 0 Å². The Morgan fingerprint density at radius 3 is 1.00 bits per heavy atom. The molecule has 85 heavy (non-hydrogen) atoms. The highest BCUT2D eigenvalue weighted by Crippen LogP contribution is 2.45. The number of esters is 3. The fourth-order valence-electron chi connectivity index (χ4n) is 8.77. The Balaban J connectivity index is 4.47. The number of phosphoric ester groups is 2. The molecule has 0 aliphatic rings. The maximum Gasteiger partial charge on any atom is 0.472 e. The van der Waals surface area contributed by atoms with Crippen molar-refractivity contribution in [3.05, 3.63) is 72.9 Å². The van der Waals surface area contributed by atoms with E-state index in [9.17, 15) is 43.5 Å². The first-order valence-electron chi connectivity index (χ1n) is 33.2. The predicted molar refractivity (Wildman–Crippen MR) is 344 cm³/mol. The van der Waals surface area contributed by atoms with Crippen LogP contribution < -0.4 is 0 Å². The molecule has 0 heterocycles. The van der Waals surface area contributed by atoms with E-state index in [1.807, 2.05) is 0 Å². The topological polar surface area (TPSA) is 231 Å². The molecule has 5 atom stereocenters. The zero-order chi connectivity index (χ0) is 62.4. The van der Waals surface area contributed by atoms with Gasteiger partial charge in [-0.2, -0.15) is 0 Å². The lowest BCUT2D eigenvalue weighted by molar-refractivity contribution is -0.161. The van der Waals surface area contributed by atoms with E-state index in [4.69, 9.17) is 32.3 Å². The molecule has 5 unspecified atom stereocenters. The van der Waals surface area contributed by atoms with Crippen LogP contribution in [-0.4, -0.2) is 95.9 Å². The molecule has 16 nitrogen and oxygen atoms in total. The second-order valence-corrected chi connectivity index (χ2v) is 25.2. The first-order chi connectivity index (χ1) is 41.2. The van der Waals surface area contributed by atoms with E-state index in [1.54, 1.807) is 0 Å². The van der Waals surface area contributed by atoms with Crippen molar-refractivity contribution in [1.29, 1.82) is 0 Å². The van der Waals surface area contributed by atoms with Gasteiger partial charge in [-0.1, -0.05) is 241 Å². The standard InChI is InChI=1S/C67H120O16P2/c1-4-7-10-13-16-19-22-24-25-26-27-28-29-30-31-32-33-34-35-37-40-41-44-47-50-53-65(70)77-56-62(68)57-79-84(73,74)80-58-63(69)59-81-85(75,76)82-61-64(83-67(72)55-52-49-46-43-38-21-18-15-12-9-6-3)60-78-66(71)54-51-48-45-42-39-36-23-20-17-14-11-8-5-2/h11,14,16,19-20,23-25,27-28,30-31,62-64,68-69H,4-10,12-13,15,17-18,21-22,26,29,32-61H2,1-3H3,(H,73,74)(H,75,76)/b14-11-,19-16-,23-20-,25-24-,28-27-,31-30-. The van der Waals surface area contributed by atoms with Gasteiger partial charge < -0.3 is 34.2 Å². The van der Waals surface area contributed by atoms with E-state index in [0.717, 1.165) is 128 Å². The van der Waals surface area contributed by atoms with Crippen molar-refractivity contribution in [3.63, 3.8) is 0 Å². The monoisotopic (exact) mass is 1240 g/mol. The van der Waals surface area contributed by atoms with Gasteiger partial charge in [0, 0.05) is 19.3 Å². The van der Waals surface area contributed by atoms with Crippen LogP contribution >= 0.6 is 15.6 Å². The number of allylic oxidation sites excluding steroid dienone is 12. The third-order valence-corrected chi connectivity index (χ3v) is 15.8. The number of ether oxygens (including phenoxy) is 3. The van der Waals surface area contributed by atoms with E-state index in [0.29, 0.717) is 19.3 Å². The number of unbranched alkanes of at least 4 members (excludes halogenated alkanes) is 28. The number of hydrogen-bond acceptors (Lipinski definition) is 14. The van der Waals surface area contributed by atoms with Crippen molar-refractivity contribution in [1.82, 2.24) is 0 Å². The molecule has 0 aliphatic carbocycles. The molecule has 0 aromatic heterocycles. The second-order valence-electron chi connectivity index (χ2n) is 22.3. The molecule has 4 N–H and O–H groups in total. The van der Waals surface area contributed by atoms with Crippen LogP contribution in [0.5, 0.6) is 0 Å². The van der Waals surface area contributed by atoms with Gasteiger partial charge in [-0.25, -0.2) is 9.13 Å². The Morgan fingerprint density at radius 2 is 0.612 bits per heavy atom.